The molecule has 164 valence electrons. The highest BCUT2D eigenvalue weighted by atomic mass is 35.5. The Morgan fingerprint density at radius 1 is 0.844 bits per heavy atom. The zero-order chi connectivity index (χ0) is 22.8. The van der Waals surface area contributed by atoms with Gasteiger partial charge < -0.3 is 18.6 Å². The summed E-state index contributed by atoms with van der Waals surface area (Å²) in [7, 11) is 3.07. The molecular weight excluding hydrogens is 475 g/mol. The molecule has 0 spiro atoms. The molecule has 0 aliphatic carbocycles. The number of ether oxygens (including phenoxy) is 3. The van der Waals surface area contributed by atoms with Gasteiger partial charge in [0.15, 0.2) is 17.3 Å². The van der Waals surface area contributed by atoms with Gasteiger partial charge in [0.1, 0.15) is 12.2 Å². The summed E-state index contributed by atoms with van der Waals surface area (Å²) in [6.45, 7) is 0.0348. The Balaban J connectivity index is 1.87. The molecule has 0 radical (unpaired) electrons. The molecule has 0 unspecified atom stereocenters. The molecule has 1 aromatic heterocycles. The molecule has 0 amide bonds. The lowest BCUT2D eigenvalue weighted by Gasteiger charge is -2.14. The average molecular weight is 492 g/mol. The van der Waals surface area contributed by atoms with Gasteiger partial charge in [-0.25, -0.2) is 0 Å². The van der Waals surface area contributed by atoms with E-state index in [9.17, 15) is 4.79 Å². The van der Waals surface area contributed by atoms with E-state index in [1.54, 1.807) is 61.7 Å². The van der Waals surface area contributed by atoms with Crippen LogP contribution in [-0.2, 0) is 6.61 Å². The lowest BCUT2D eigenvalue weighted by molar-refractivity contribution is 0.298. The first-order valence-corrected chi connectivity index (χ1v) is 10.6. The summed E-state index contributed by atoms with van der Waals surface area (Å²) in [6.07, 6.45) is 0. The van der Waals surface area contributed by atoms with Crippen LogP contribution in [0.5, 0.6) is 17.2 Å². The summed E-state index contributed by atoms with van der Waals surface area (Å²) in [5.41, 5.74) is 1.26. The second-order valence-electron chi connectivity index (χ2n) is 6.82. The molecule has 32 heavy (non-hydrogen) atoms. The molecule has 0 saturated carbocycles. The van der Waals surface area contributed by atoms with Crippen LogP contribution in [0.3, 0.4) is 0 Å². The molecule has 5 nitrogen and oxygen atoms in total. The number of halogens is 3. The van der Waals surface area contributed by atoms with Crippen LogP contribution in [0.25, 0.3) is 22.3 Å². The average Bonchev–Trinajstić information content (AvgIpc) is 2.79. The Hall–Kier alpha value is -2.86. The highest BCUT2D eigenvalue weighted by Gasteiger charge is 2.20. The van der Waals surface area contributed by atoms with E-state index < -0.39 is 0 Å². The van der Waals surface area contributed by atoms with Crippen LogP contribution in [0.1, 0.15) is 5.56 Å². The van der Waals surface area contributed by atoms with Gasteiger partial charge in [0.05, 0.1) is 19.6 Å². The Morgan fingerprint density at radius 2 is 1.56 bits per heavy atom. The van der Waals surface area contributed by atoms with Crippen molar-refractivity contribution in [3.63, 3.8) is 0 Å². The first kappa shape index (κ1) is 22.3. The van der Waals surface area contributed by atoms with Gasteiger partial charge in [-0.2, -0.15) is 0 Å². The standard InChI is InChI=1S/C24H17Cl3O5/c1-29-20-7-4-13(9-21(20)30-2)23-24(31-12-14-3-5-16(26)11-18(14)27)22(28)17-10-15(25)6-8-19(17)32-23/h3-11H,12H2,1-2H3. The van der Waals surface area contributed by atoms with Crippen molar-refractivity contribution < 1.29 is 18.6 Å². The van der Waals surface area contributed by atoms with E-state index in [0.717, 1.165) is 0 Å². The fraction of sp³-hybridized carbons (Fsp3) is 0.125. The highest BCUT2D eigenvalue weighted by Crippen LogP contribution is 2.37. The maximum Gasteiger partial charge on any atom is 0.235 e. The molecule has 4 aromatic rings. The van der Waals surface area contributed by atoms with Crippen LogP contribution in [0.4, 0.5) is 0 Å². The number of methoxy groups -OCH3 is 2. The Bertz CT molecular complexity index is 1360. The molecule has 0 N–H and O–H groups in total. The summed E-state index contributed by atoms with van der Waals surface area (Å²) in [4.78, 5) is 13.4. The predicted octanol–water partition coefficient (Wildman–Crippen LogP) is 7.02. The zero-order valence-corrected chi connectivity index (χ0v) is 19.3. The van der Waals surface area contributed by atoms with Crippen molar-refractivity contribution in [1.29, 1.82) is 0 Å². The second kappa shape index (κ2) is 9.33. The lowest BCUT2D eigenvalue weighted by Crippen LogP contribution is -2.10. The lowest BCUT2D eigenvalue weighted by atomic mass is 10.1. The van der Waals surface area contributed by atoms with Gasteiger partial charge >= 0.3 is 0 Å². The van der Waals surface area contributed by atoms with E-state index in [-0.39, 0.29) is 23.5 Å². The topological polar surface area (TPSA) is 57.9 Å². The fourth-order valence-corrected chi connectivity index (χ4v) is 3.87. The molecule has 8 heteroatoms. The van der Waals surface area contributed by atoms with Gasteiger partial charge in [-0.3, -0.25) is 4.79 Å². The SMILES string of the molecule is COc1ccc(-c2oc3ccc(Cl)cc3c(=O)c2OCc2ccc(Cl)cc2Cl)cc1OC. The summed E-state index contributed by atoms with van der Waals surface area (Å²) >= 11 is 18.3. The van der Waals surface area contributed by atoms with E-state index in [2.05, 4.69) is 0 Å². The fourth-order valence-electron chi connectivity index (χ4n) is 3.24. The van der Waals surface area contributed by atoms with Crippen molar-refractivity contribution in [3.8, 4) is 28.6 Å². The summed E-state index contributed by atoms with van der Waals surface area (Å²) in [5, 5.41) is 1.65. The monoisotopic (exact) mass is 490 g/mol. The first-order valence-electron chi connectivity index (χ1n) is 9.46. The minimum Gasteiger partial charge on any atom is -0.493 e. The zero-order valence-electron chi connectivity index (χ0n) is 17.1. The molecule has 0 aliphatic rings. The van der Waals surface area contributed by atoms with Gasteiger partial charge in [-0.15, -0.1) is 0 Å². The molecule has 0 atom stereocenters. The van der Waals surface area contributed by atoms with E-state index in [1.165, 1.54) is 7.11 Å². The van der Waals surface area contributed by atoms with Gasteiger partial charge in [-0.1, -0.05) is 40.9 Å². The second-order valence-corrected chi connectivity index (χ2v) is 8.10. The smallest absolute Gasteiger partial charge is 0.235 e. The van der Waals surface area contributed by atoms with Crippen LogP contribution >= 0.6 is 34.8 Å². The van der Waals surface area contributed by atoms with Crippen LogP contribution in [0.15, 0.2) is 63.8 Å². The van der Waals surface area contributed by atoms with Crippen LogP contribution in [0.2, 0.25) is 15.1 Å². The molecular formula is C24H17Cl3O5. The van der Waals surface area contributed by atoms with Gasteiger partial charge in [0.25, 0.3) is 0 Å². The van der Waals surface area contributed by atoms with E-state index in [4.69, 9.17) is 53.4 Å². The third kappa shape index (κ3) is 4.37. The van der Waals surface area contributed by atoms with Crippen molar-refractivity contribution in [1.82, 2.24) is 0 Å². The molecule has 4 rings (SSSR count). The molecule has 1 heterocycles. The molecule has 0 aliphatic heterocycles. The van der Waals surface area contributed by atoms with Crippen molar-refractivity contribution in [3.05, 3.63) is 85.5 Å². The van der Waals surface area contributed by atoms with Gasteiger partial charge in [0.2, 0.25) is 11.2 Å². The minimum atomic E-state index is -0.358. The molecule has 0 saturated heterocycles. The Morgan fingerprint density at radius 3 is 2.28 bits per heavy atom. The van der Waals surface area contributed by atoms with Gasteiger partial charge in [-0.05, 0) is 48.5 Å². The maximum absolute atomic E-state index is 13.4. The van der Waals surface area contributed by atoms with Gasteiger partial charge in [0, 0.05) is 26.2 Å². The maximum atomic E-state index is 13.4. The highest BCUT2D eigenvalue weighted by molar-refractivity contribution is 6.35. The predicted molar refractivity (Wildman–Crippen MR) is 127 cm³/mol. The number of benzene rings is 3. The quantitative estimate of drug-likeness (QED) is 0.290. The van der Waals surface area contributed by atoms with Crippen molar-refractivity contribution in [2.45, 2.75) is 6.61 Å². The third-order valence-corrected chi connectivity index (χ3v) is 5.67. The summed E-state index contributed by atoms with van der Waals surface area (Å²) in [6, 6.07) is 15.1. The number of rotatable bonds is 6. The first-order chi connectivity index (χ1) is 15.4. The molecule has 3 aromatic carbocycles. The Labute approximate surface area is 199 Å². The van der Waals surface area contributed by atoms with Crippen molar-refractivity contribution >= 4 is 45.8 Å². The number of hydrogen-bond donors (Lipinski definition) is 0. The summed E-state index contributed by atoms with van der Waals surface area (Å²) < 4.78 is 22.7. The van der Waals surface area contributed by atoms with Crippen molar-refractivity contribution in [2.24, 2.45) is 0 Å². The Kier molecular flexibility index (Phi) is 6.51. The number of fused-ring (bicyclic) bond motifs is 1. The van der Waals surface area contributed by atoms with E-state index >= 15 is 0 Å². The normalized spacial score (nSPS) is 10.9. The molecule has 0 fully saturated rings. The largest absolute Gasteiger partial charge is 0.493 e. The van der Waals surface area contributed by atoms with E-state index in [1.807, 2.05) is 0 Å². The van der Waals surface area contributed by atoms with Crippen molar-refractivity contribution in [2.75, 3.05) is 14.2 Å². The van der Waals surface area contributed by atoms with E-state index in [0.29, 0.717) is 48.7 Å². The molecule has 0 bridgehead atoms. The summed E-state index contributed by atoms with van der Waals surface area (Å²) in [5.74, 6) is 1.30. The van der Waals surface area contributed by atoms with Crippen LogP contribution in [-0.4, -0.2) is 14.2 Å². The minimum absolute atomic E-state index is 0.0259. The van der Waals surface area contributed by atoms with Crippen LogP contribution < -0.4 is 19.6 Å². The third-order valence-electron chi connectivity index (χ3n) is 4.84. The van der Waals surface area contributed by atoms with Crippen LogP contribution in [0, 0.1) is 0 Å². The number of hydrogen-bond acceptors (Lipinski definition) is 5.